The molecule has 0 aliphatic rings. The zero-order valence-corrected chi connectivity index (χ0v) is 12.3. The van der Waals surface area contributed by atoms with Crippen molar-refractivity contribution >= 4 is 23.3 Å². The third kappa shape index (κ3) is 3.66. The summed E-state index contributed by atoms with van der Waals surface area (Å²) >= 11 is 0. The third-order valence-electron chi connectivity index (χ3n) is 3.41. The van der Waals surface area contributed by atoms with Crippen LogP contribution in [-0.2, 0) is 0 Å². The number of H-pyrrole nitrogens is 1. The van der Waals surface area contributed by atoms with Gasteiger partial charge in [-0.3, -0.25) is 0 Å². The maximum atomic E-state index is 9.27. The number of aromatic amines is 1. The summed E-state index contributed by atoms with van der Waals surface area (Å²) in [6.45, 7) is 2.64. The van der Waals surface area contributed by atoms with Gasteiger partial charge in [0, 0.05) is 23.0 Å². The fourth-order valence-electron chi connectivity index (χ4n) is 2.26. The highest BCUT2D eigenvalue weighted by atomic mass is 35.5. The Balaban J connectivity index is 0.00000200. The molecule has 2 aromatic rings. The van der Waals surface area contributed by atoms with Crippen molar-refractivity contribution in [2.24, 2.45) is 11.7 Å². The summed E-state index contributed by atoms with van der Waals surface area (Å²) in [4.78, 5) is 3.13. The summed E-state index contributed by atoms with van der Waals surface area (Å²) in [6, 6.07) is 10.0. The van der Waals surface area contributed by atoms with Crippen molar-refractivity contribution in [3.05, 3.63) is 30.5 Å². The molecule has 4 nitrogen and oxygen atoms in total. The lowest BCUT2D eigenvalue weighted by atomic mass is 9.96. The van der Waals surface area contributed by atoms with Gasteiger partial charge in [0.05, 0.1) is 0 Å². The van der Waals surface area contributed by atoms with Crippen LogP contribution in [0.3, 0.4) is 0 Å². The SMILES string of the molecule is CCC(CCN)C(C#N)Oc1ccc2[nH]ccc2c1.Cl. The van der Waals surface area contributed by atoms with Crippen LogP contribution in [0.1, 0.15) is 19.8 Å². The van der Waals surface area contributed by atoms with Crippen LogP contribution in [0.4, 0.5) is 0 Å². The van der Waals surface area contributed by atoms with Gasteiger partial charge in [-0.25, -0.2) is 0 Å². The molecule has 0 spiro atoms. The second-order valence-corrected chi connectivity index (χ2v) is 4.64. The minimum Gasteiger partial charge on any atom is -0.475 e. The van der Waals surface area contributed by atoms with E-state index in [1.807, 2.05) is 30.5 Å². The van der Waals surface area contributed by atoms with Crippen molar-refractivity contribution < 1.29 is 4.74 Å². The predicted octanol–water partition coefficient (Wildman–Crippen LogP) is 3.24. The van der Waals surface area contributed by atoms with Gasteiger partial charge in [0.1, 0.15) is 11.8 Å². The number of benzene rings is 1. The van der Waals surface area contributed by atoms with E-state index in [9.17, 15) is 5.26 Å². The van der Waals surface area contributed by atoms with Crippen molar-refractivity contribution in [1.82, 2.24) is 4.98 Å². The first-order valence-corrected chi connectivity index (χ1v) is 6.62. The van der Waals surface area contributed by atoms with Crippen LogP contribution in [-0.4, -0.2) is 17.6 Å². The van der Waals surface area contributed by atoms with Crippen LogP contribution < -0.4 is 10.5 Å². The number of hydrogen-bond donors (Lipinski definition) is 2. The second kappa shape index (κ2) is 7.78. The van der Waals surface area contributed by atoms with E-state index in [0.29, 0.717) is 6.54 Å². The molecule has 2 atom stereocenters. The maximum absolute atomic E-state index is 9.27. The van der Waals surface area contributed by atoms with E-state index in [2.05, 4.69) is 18.0 Å². The number of nitrogens with one attached hydrogen (secondary N) is 1. The van der Waals surface area contributed by atoms with Gasteiger partial charge >= 0.3 is 0 Å². The Morgan fingerprint density at radius 2 is 2.20 bits per heavy atom. The van der Waals surface area contributed by atoms with Gasteiger partial charge in [0.25, 0.3) is 0 Å². The second-order valence-electron chi connectivity index (χ2n) is 4.64. The molecule has 0 aliphatic heterocycles. The number of halogens is 1. The molecule has 0 saturated heterocycles. The number of ether oxygens (including phenoxy) is 1. The van der Waals surface area contributed by atoms with E-state index >= 15 is 0 Å². The summed E-state index contributed by atoms with van der Waals surface area (Å²) in [5, 5.41) is 10.4. The topological polar surface area (TPSA) is 74.8 Å². The highest BCUT2D eigenvalue weighted by Gasteiger charge is 2.20. The molecule has 1 aromatic carbocycles. The van der Waals surface area contributed by atoms with Crippen molar-refractivity contribution in [2.45, 2.75) is 25.9 Å². The molecule has 5 heteroatoms. The van der Waals surface area contributed by atoms with Crippen molar-refractivity contribution in [3.8, 4) is 11.8 Å². The molecule has 1 heterocycles. The lowest BCUT2D eigenvalue weighted by Crippen LogP contribution is -2.27. The zero-order valence-electron chi connectivity index (χ0n) is 11.5. The Bertz CT molecular complexity index is 576. The van der Waals surface area contributed by atoms with Gasteiger partial charge in [-0.15, -0.1) is 12.4 Å². The maximum Gasteiger partial charge on any atom is 0.187 e. The zero-order chi connectivity index (χ0) is 13.7. The number of aromatic nitrogens is 1. The van der Waals surface area contributed by atoms with E-state index in [-0.39, 0.29) is 18.3 Å². The van der Waals surface area contributed by atoms with Crippen LogP contribution >= 0.6 is 12.4 Å². The molecule has 0 radical (unpaired) electrons. The molecule has 20 heavy (non-hydrogen) atoms. The standard InChI is InChI=1S/C15H19N3O.ClH/c1-2-11(5-7-16)15(10-17)19-13-3-4-14-12(9-13)6-8-18-14;/h3-4,6,8-9,11,15,18H,2,5,7,16H2,1H3;1H. The van der Waals surface area contributed by atoms with Crippen LogP contribution in [0.5, 0.6) is 5.75 Å². The van der Waals surface area contributed by atoms with Crippen LogP contribution in [0.15, 0.2) is 30.5 Å². The number of rotatable bonds is 6. The quantitative estimate of drug-likeness (QED) is 0.858. The molecular formula is C15H20ClN3O. The van der Waals surface area contributed by atoms with E-state index in [1.54, 1.807) is 0 Å². The molecule has 2 rings (SSSR count). The van der Waals surface area contributed by atoms with E-state index in [4.69, 9.17) is 10.5 Å². The molecule has 0 saturated carbocycles. The van der Waals surface area contributed by atoms with E-state index in [1.165, 1.54) is 0 Å². The molecule has 3 N–H and O–H groups in total. The molecule has 0 amide bonds. The van der Waals surface area contributed by atoms with Gasteiger partial charge in [-0.2, -0.15) is 5.26 Å². The molecule has 2 unspecified atom stereocenters. The average molecular weight is 294 g/mol. The molecular weight excluding hydrogens is 274 g/mol. The fourth-order valence-corrected chi connectivity index (χ4v) is 2.26. The van der Waals surface area contributed by atoms with Crippen molar-refractivity contribution in [3.63, 3.8) is 0 Å². The van der Waals surface area contributed by atoms with Crippen LogP contribution in [0.2, 0.25) is 0 Å². The predicted molar refractivity (Wildman–Crippen MR) is 83.0 cm³/mol. The first kappa shape index (κ1) is 16.4. The van der Waals surface area contributed by atoms with Gasteiger partial charge < -0.3 is 15.5 Å². The monoisotopic (exact) mass is 293 g/mol. The van der Waals surface area contributed by atoms with Crippen LogP contribution in [0, 0.1) is 17.2 Å². The minimum absolute atomic E-state index is 0. The Morgan fingerprint density at radius 1 is 1.40 bits per heavy atom. The summed E-state index contributed by atoms with van der Waals surface area (Å²) in [6.07, 6.45) is 3.15. The summed E-state index contributed by atoms with van der Waals surface area (Å²) in [7, 11) is 0. The van der Waals surface area contributed by atoms with Gasteiger partial charge in [0.2, 0.25) is 0 Å². The van der Waals surface area contributed by atoms with E-state index < -0.39 is 6.10 Å². The lowest BCUT2D eigenvalue weighted by molar-refractivity contribution is 0.175. The lowest BCUT2D eigenvalue weighted by Gasteiger charge is -2.21. The van der Waals surface area contributed by atoms with Crippen molar-refractivity contribution in [1.29, 1.82) is 5.26 Å². The minimum atomic E-state index is -0.440. The number of nitriles is 1. The summed E-state index contributed by atoms with van der Waals surface area (Å²) in [5.41, 5.74) is 6.65. The van der Waals surface area contributed by atoms with Crippen LogP contribution in [0.25, 0.3) is 10.9 Å². The number of nitrogens with two attached hydrogens (primary N) is 1. The molecule has 0 fully saturated rings. The first-order chi connectivity index (χ1) is 9.28. The van der Waals surface area contributed by atoms with Gasteiger partial charge in [0.15, 0.2) is 6.10 Å². The third-order valence-corrected chi connectivity index (χ3v) is 3.41. The highest BCUT2D eigenvalue weighted by molar-refractivity contribution is 5.85. The number of fused-ring (bicyclic) bond motifs is 1. The first-order valence-electron chi connectivity index (χ1n) is 6.62. The molecule has 0 bridgehead atoms. The average Bonchev–Trinajstić information content (AvgIpc) is 2.90. The highest BCUT2D eigenvalue weighted by Crippen LogP contribution is 2.23. The van der Waals surface area contributed by atoms with Gasteiger partial charge in [-0.1, -0.05) is 6.92 Å². The Kier molecular flexibility index (Phi) is 6.37. The number of hydrogen-bond acceptors (Lipinski definition) is 3. The number of nitrogens with zero attached hydrogens (tertiary/aromatic N) is 1. The Hall–Kier alpha value is -1.70. The molecule has 1 aromatic heterocycles. The van der Waals surface area contributed by atoms with Crippen molar-refractivity contribution in [2.75, 3.05) is 6.54 Å². The van der Waals surface area contributed by atoms with Gasteiger partial charge in [-0.05, 0) is 43.7 Å². The fraction of sp³-hybridized carbons (Fsp3) is 0.400. The van der Waals surface area contributed by atoms with E-state index in [0.717, 1.165) is 29.5 Å². The molecule has 0 aliphatic carbocycles. The Morgan fingerprint density at radius 3 is 2.85 bits per heavy atom. The molecule has 108 valence electrons. The largest absolute Gasteiger partial charge is 0.475 e. The summed E-state index contributed by atoms with van der Waals surface area (Å²) < 4.78 is 5.82. The summed E-state index contributed by atoms with van der Waals surface area (Å²) in [5.74, 6) is 0.908. The Labute approximate surface area is 125 Å². The smallest absolute Gasteiger partial charge is 0.187 e. The normalized spacial score (nSPS) is 13.2.